The minimum Gasteiger partial charge on any atom is -0.487 e. The Morgan fingerprint density at radius 2 is 1.94 bits per heavy atom. The summed E-state index contributed by atoms with van der Waals surface area (Å²) in [5, 5.41) is 0. The van der Waals surface area contributed by atoms with Crippen LogP contribution in [0.2, 0.25) is 0 Å². The lowest BCUT2D eigenvalue weighted by Crippen LogP contribution is -1.98. The highest BCUT2D eigenvalue weighted by Crippen LogP contribution is 2.17. The van der Waals surface area contributed by atoms with Gasteiger partial charge in [-0.3, -0.25) is 4.98 Å². The van der Waals surface area contributed by atoms with Gasteiger partial charge in [-0.15, -0.1) is 0 Å². The van der Waals surface area contributed by atoms with E-state index in [1.165, 1.54) is 11.1 Å². The number of hydrogen-bond acceptors (Lipinski definition) is 2. The lowest BCUT2D eigenvalue weighted by molar-refractivity contribution is 0.301. The zero-order valence-electron chi connectivity index (χ0n) is 9.90. The summed E-state index contributed by atoms with van der Waals surface area (Å²) in [5.41, 5.74) is 3.44. The third-order valence-corrected chi connectivity index (χ3v) is 3.12. The molecule has 0 spiro atoms. The Kier molecular flexibility index (Phi) is 3.79. The van der Waals surface area contributed by atoms with Crippen molar-refractivity contribution in [3.63, 3.8) is 0 Å². The molecule has 0 amide bonds. The zero-order chi connectivity index (χ0) is 12.3. The molecule has 0 aliphatic rings. The molecule has 2 rings (SSSR count). The molecular weight excluding hydrogens is 278 g/mol. The molecule has 1 heterocycles. The molecule has 1 aromatic carbocycles. The van der Waals surface area contributed by atoms with Crippen LogP contribution < -0.4 is 4.74 Å². The normalized spacial score (nSPS) is 10.3. The molecule has 0 aliphatic carbocycles. The lowest BCUT2D eigenvalue weighted by Gasteiger charge is -2.07. The number of pyridine rings is 1. The van der Waals surface area contributed by atoms with E-state index >= 15 is 0 Å². The molecule has 0 fully saturated rings. The summed E-state index contributed by atoms with van der Waals surface area (Å²) >= 11 is 3.36. The van der Waals surface area contributed by atoms with Gasteiger partial charge in [0, 0.05) is 10.7 Å². The van der Waals surface area contributed by atoms with Gasteiger partial charge in [0.2, 0.25) is 0 Å². The molecule has 1 aromatic heterocycles. The SMILES string of the molecule is Cc1ccc(OCc2ccc(Br)cn2)cc1C. The van der Waals surface area contributed by atoms with Crippen LogP contribution in [0.15, 0.2) is 41.0 Å². The summed E-state index contributed by atoms with van der Waals surface area (Å²) in [4.78, 5) is 4.26. The highest BCUT2D eigenvalue weighted by Gasteiger charge is 1.99. The van der Waals surface area contributed by atoms with E-state index in [2.05, 4.69) is 40.8 Å². The largest absolute Gasteiger partial charge is 0.487 e. The second-order valence-corrected chi connectivity index (χ2v) is 4.92. The first-order chi connectivity index (χ1) is 8.15. The molecule has 2 aromatic rings. The predicted octanol–water partition coefficient (Wildman–Crippen LogP) is 4.04. The van der Waals surface area contributed by atoms with Crippen molar-refractivity contribution in [1.29, 1.82) is 0 Å². The van der Waals surface area contributed by atoms with Gasteiger partial charge in [-0.2, -0.15) is 0 Å². The van der Waals surface area contributed by atoms with Crippen molar-refractivity contribution < 1.29 is 4.74 Å². The monoisotopic (exact) mass is 291 g/mol. The lowest BCUT2D eigenvalue weighted by atomic mass is 10.1. The Morgan fingerprint density at radius 1 is 1.12 bits per heavy atom. The third-order valence-electron chi connectivity index (χ3n) is 2.65. The van der Waals surface area contributed by atoms with Crippen molar-refractivity contribution in [3.8, 4) is 5.75 Å². The molecular formula is C14H14BrNO. The number of aryl methyl sites for hydroxylation is 2. The summed E-state index contributed by atoms with van der Waals surface area (Å²) in [6.07, 6.45) is 1.78. The highest BCUT2D eigenvalue weighted by atomic mass is 79.9. The summed E-state index contributed by atoms with van der Waals surface area (Å²) in [7, 11) is 0. The second-order valence-electron chi connectivity index (χ2n) is 4.00. The average molecular weight is 292 g/mol. The molecule has 0 saturated heterocycles. The van der Waals surface area contributed by atoms with Crippen LogP contribution in [0.1, 0.15) is 16.8 Å². The minimum absolute atomic E-state index is 0.496. The zero-order valence-corrected chi connectivity index (χ0v) is 11.5. The van der Waals surface area contributed by atoms with Crippen LogP contribution in [0.5, 0.6) is 5.75 Å². The van der Waals surface area contributed by atoms with Crippen molar-refractivity contribution in [3.05, 3.63) is 57.8 Å². The minimum atomic E-state index is 0.496. The van der Waals surface area contributed by atoms with Crippen LogP contribution >= 0.6 is 15.9 Å². The van der Waals surface area contributed by atoms with Crippen LogP contribution in [0.3, 0.4) is 0 Å². The number of hydrogen-bond donors (Lipinski definition) is 0. The molecule has 0 aliphatic heterocycles. The maximum absolute atomic E-state index is 5.69. The van der Waals surface area contributed by atoms with E-state index in [9.17, 15) is 0 Å². The van der Waals surface area contributed by atoms with Crippen molar-refractivity contribution in [2.75, 3.05) is 0 Å². The van der Waals surface area contributed by atoms with Gasteiger partial charge in [-0.1, -0.05) is 6.07 Å². The van der Waals surface area contributed by atoms with Gasteiger partial charge in [-0.25, -0.2) is 0 Å². The molecule has 0 atom stereocenters. The van der Waals surface area contributed by atoms with Crippen LogP contribution in [-0.4, -0.2) is 4.98 Å². The van der Waals surface area contributed by atoms with Gasteiger partial charge in [0.15, 0.2) is 0 Å². The van der Waals surface area contributed by atoms with E-state index in [1.54, 1.807) is 6.20 Å². The van der Waals surface area contributed by atoms with E-state index in [1.807, 2.05) is 24.3 Å². The van der Waals surface area contributed by atoms with Crippen molar-refractivity contribution in [2.45, 2.75) is 20.5 Å². The molecule has 0 radical (unpaired) electrons. The van der Waals surface area contributed by atoms with E-state index in [4.69, 9.17) is 4.74 Å². The Labute approximate surface area is 110 Å². The number of rotatable bonds is 3. The van der Waals surface area contributed by atoms with Gasteiger partial charge in [0.1, 0.15) is 12.4 Å². The Balaban J connectivity index is 2.02. The maximum Gasteiger partial charge on any atom is 0.130 e. The maximum atomic E-state index is 5.69. The Morgan fingerprint density at radius 3 is 2.59 bits per heavy atom. The van der Waals surface area contributed by atoms with Crippen molar-refractivity contribution in [2.24, 2.45) is 0 Å². The molecule has 17 heavy (non-hydrogen) atoms. The number of halogens is 1. The van der Waals surface area contributed by atoms with Crippen molar-refractivity contribution >= 4 is 15.9 Å². The number of benzene rings is 1. The molecule has 88 valence electrons. The fourth-order valence-electron chi connectivity index (χ4n) is 1.45. The van der Waals surface area contributed by atoms with Gasteiger partial charge in [-0.05, 0) is 65.2 Å². The Bertz CT molecular complexity index is 508. The van der Waals surface area contributed by atoms with Crippen LogP contribution in [0.4, 0.5) is 0 Å². The number of ether oxygens (including phenoxy) is 1. The first-order valence-corrected chi connectivity index (χ1v) is 6.25. The highest BCUT2D eigenvalue weighted by molar-refractivity contribution is 9.10. The molecule has 0 unspecified atom stereocenters. The number of aromatic nitrogens is 1. The fourth-order valence-corrected chi connectivity index (χ4v) is 1.69. The molecule has 0 N–H and O–H groups in total. The molecule has 0 saturated carbocycles. The predicted molar refractivity (Wildman–Crippen MR) is 72.2 cm³/mol. The van der Waals surface area contributed by atoms with Crippen molar-refractivity contribution in [1.82, 2.24) is 4.98 Å². The van der Waals surface area contributed by atoms with Gasteiger partial charge in [0.25, 0.3) is 0 Å². The quantitative estimate of drug-likeness (QED) is 0.851. The smallest absolute Gasteiger partial charge is 0.130 e. The van der Waals surface area contributed by atoms with Crippen LogP contribution in [-0.2, 0) is 6.61 Å². The van der Waals surface area contributed by atoms with Gasteiger partial charge < -0.3 is 4.74 Å². The first-order valence-electron chi connectivity index (χ1n) is 5.45. The summed E-state index contributed by atoms with van der Waals surface area (Å²) in [5.74, 6) is 0.887. The molecule has 3 heteroatoms. The fraction of sp³-hybridized carbons (Fsp3) is 0.214. The topological polar surface area (TPSA) is 22.1 Å². The summed E-state index contributed by atoms with van der Waals surface area (Å²) < 4.78 is 6.67. The van der Waals surface area contributed by atoms with Crippen LogP contribution in [0.25, 0.3) is 0 Å². The standard InChI is InChI=1S/C14H14BrNO/c1-10-3-6-14(7-11(10)2)17-9-13-5-4-12(15)8-16-13/h3-8H,9H2,1-2H3. The summed E-state index contributed by atoms with van der Waals surface area (Å²) in [6.45, 7) is 4.67. The van der Waals surface area contributed by atoms with Crippen LogP contribution in [0, 0.1) is 13.8 Å². The third kappa shape index (κ3) is 3.30. The summed E-state index contributed by atoms with van der Waals surface area (Å²) in [6, 6.07) is 10.0. The molecule has 2 nitrogen and oxygen atoms in total. The van der Waals surface area contributed by atoms with Gasteiger partial charge >= 0.3 is 0 Å². The van der Waals surface area contributed by atoms with E-state index in [-0.39, 0.29) is 0 Å². The number of nitrogens with zero attached hydrogens (tertiary/aromatic N) is 1. The van der Waals surface area contributed by atoms with E-state index in [0.29, 0.717) is 6.61 Å². The van der Waals surface area contributed by atoms with E-state index < -0.39 is 0 Å². The molecule has 0 bridgehead atoms. The second kappa shape index (κ2) is 5.32. The van der Waals surface area contributed by atoms with E-state index in [0.717, 1.165) is 15.9 Å². The first kappa shape index (κ1) is 12.1. The Hall–Kier alpha value is -1.35. The average Bonchev–Trinajstić information content (AvgIpc) is 2.33. The van der Waals surface area contributed by atoms with Gasteiger partial charge in [0.05, 0.1) is 5.69 Å².